The van der Waals surface area contributed by atoms with Gasteiger partial charge >= 0.3 is 0 Å². The van der Waals surface area contributed by atoms with Crippen LogP contribution in [0.3, 0.4) is 0 Å². The number of rotatable bonds is 5. The van der Waals surface area contributed by atoms with Crippen molar-refractivity contribution in [2.24, 2.45) is 0 Å². The van der Waals surface area contributed by atoms with E-state index in [0.29, 0.717) is 28.3 Å². The number of nitrogens with zero attached hydrogens (tertiary/aromatic N) is 2. The highest BCUT2D eigenvalue weighted by molar-refractivity contribution is 7.18. The van der Waals surface area contributed by atoms with E-state index in [-0.39, 0.29) is 11.5 Å². The highest BCUT2D eigenvalue weighted by atomic mass is 32.1. The van der Waals surface area contributed by atoms with Gasteiger partial charge < -0.3 is 10.1 Å². The summed E-state index contributed by atoms with van der Waals surface area (Å²) in [6.45, 7) is 7.88. The van der Waals surface area contributed by atoms with E-state index >= 15 is 0 Å². The second-order valence-electron chi connectivity index (χ2n) is 6.03. The molecule has 7 heteroatoms. The third kappa shape index (κ3) is 3.48. The van der Waals surface area contributed by atoms with Crippen LogP contribution in [-0.4, -0.2) is 22.1 Å². The summed E-state index contributed by atoms with van der Waals surface area (Å²) in [5, 5.41) is 3.39. The molecule has 0 fully saturated rings. The Kier molecular flexibility index (Phi) is 5.08. The normalized spacial score (nSPS) is 12.2. The van der Waals surface area contributed by atoms with Crippen molar-refractivity contribution < 1.29 is 9.53 Å². The summed E-state index contributed by atoms with van der Waals surface area (Å²) in [4.78, 5) is 31.7. The quantitative estimate of drug-likeness (QED) is 0.743. The second kappa shape index (κ2) is 7.29. The van der Waals surface area contributed by atoms with Crippen LogP contribution in [0, 0.1) is 13.8 Å². The van der Waals surface area contributed by atoms with E-state index in [1.807, 2.05) is 19.9 Å². The first-order chi connectivity index (χ1) is 12.4. The average molecular weight is 371 g/mol. The van der Waals surface area contributed by atoms with Crippen molar-refractivity contribution in [3.63, 3.8) is 0 Å². The highest BCUT2D eigenvalue weighted by Gasteiger charge is 2.21. The molecule has 136 valence electrons. The van der Waals surface area contributed by atoms with Crippen molar-refractivity contribution in [1.82, 2.24) is 9.55 Å². The van der Waals surface area contributed by atoms with E-state index in [2.05, 4.69) is 10.3 Å². The largest absolute Gasteiger partial charge is 0.494 e. The van der Waals surface area contributed by atoms with Crippen LogP contribution >= 0.6 is 11.3 Å². The first-order valence-corrected chi connectivity index (χ1v) is 9.25. The van der Waals surface area contributed by atoms with Gasteiger partial charge in [0.05, 0.1) is 12.0 Å². The number of hydrogen-bond donors (Lipinski definition) is 1. The molecule has 0 saturated carbocycles. The molecule has 2 aromatic heterocycles. The van der Waals surface area contributed by atoms with Crippen molar-refractivity contribution >= 4 is 33.1 Å². The predicted octanol–water partition coefficient (Wildman–Crippen LogP) is 3.67. The van der Waals surface area contributed by atoms with E-state index in [9.17, 15) is 9.59 Å². The van der Waals surface area contributed by atoms with Crippen molar-refractivity contribution in [2.45, 2.75) is 33.7 Å². The molecule has 0 spiro atoms. The molecule has 3 aromatic rings. The molecule has 0 aliphatic rings. The van der Waals surface area contributed by atoms with E-state index in [1.54, 1.807) is 38.1 Å². The molecule has 0 aliphatic heterocycles. The minimum Gasteiger partial charge on any atom is -0.494 e. The SMILES string of the molecule is CCOc1ccc(NC(=O)C(C)n2c(C)nc3sc(C)cc3c2=O)cc1. The number of fused-ring (bicyclic) bond motifs is 1. The average Bonchev–Trinajstić information content (AvgIpc) is 2.97. The molecule has 0 radical (unpaired) electrons. The van der Waals surface area contributed by atoms with Crippen LogP contribution in [0.4, 0.5) is 5.69 Å². The van der Waals surface area contributed by atoms with E-state index in [1.165, 1.54) is 15.9 Å². The highest BCUT2D eigenvalue weighted by Crippen LogP contribution is 2.22. The van der Waals surface area contributed by atoms with Crippen LogP contribution < -0.4 is 15.6 Å². The molecule has 6 nitrogen and oxygen atoms in total. The molecule has 2 heterocycles. The van der Waals surface area contributed by atoms with Crippen LogP contribution in [-0.2, 0) is 4.79 Å². The third-order valence-corrected chi connectivity index (χ3v) is 5.04. The molecule has 1 N–H and O–H groups in total. The Morgan fingerprint density at radius 3 is 2.65 bits per heavy atom. The third-order valence-electron chi connectivity index (χ3n) is 4.10. The predicted molar refractivity (Wildman–Crippen MR) is 104 cm³/mol. The number of amides is 1. The second-order valence-corrected chi connectivity index (χ2v) is 7.27. The molecule has 1 aromatic carbocycles. The minimum absolute atomic E-state index is 0.189. The Morgan fingerprint density at radius 1 is 1.31 bits per heavy atom. The van der Waals surface area contributed by atoms with Crippen molar-refractivity contribution in [1.29, 1.82) is 0 Å². The van der Waals surface area contributed by atoms with Crippen LogP contribution in [0.15, 0.2) is 35.1 Å². The van der Waals surface area contributed by atoms with Gasteiger partial charge in [-0.1, -0.05) is 0 Å². The molecule has 3 rings (SSSR count). The molecule has 0 bridgehead atoms. The summed E-state index contributed by atoms with van der Waals surface area (Å²) < 4.78 is 6.83. The van der Waals surface area contributed by atoms with Gasteiger partial charge in [0.2, 0.25) is 5.91 Å². The zero-order valence-electron chi connectivity index (χ0n) is 15.2. The van der Waals surface area contributed by atoms with Gasteiger partial charge in [0.1, 0.15) is 22.4 Å². The number of benzene rings is 1. The number of aryl methyl sites for hydroxylation is 2. The van der Waals surface area contributed by atoms with Crippen LogP contribution in [0.2, 0.25) is 0 Å². The standard InChI is InChI=1S/C19H21N3O3S/c1-5-25-15-8-6-14(7-9-15)21-17(23)12(3)22-13(4)20-18-16(19(22)24)10-11(2)26-18/h6-10,12H,5H2,1-4H3,(H,21,23). The zero-order valence-corrected chi connectivity index (χ0v) is 16.0. The van der Waals surface area contributed by atoms with Gasteiger partial charge in [0.15, 0.2) is 0 Å². The minimum atomic E-state index is -0.675. The lowest BCUT2D eigenvalue weighted by Gasteiger charge is -2.17. The monoisotopic (exact) mass is 371 g/mol. The lowest BCUT2D eigenvalue weighted by Crippen LogP contribution is -2.33. The van der Waals surface area contributed by atoms with Gasteiger partial charge in [-0.2, -0.15) is 0 Å². The Labute approximate surface area is 155 Å². The summed E-state index contributed by atoms with van der Waals surface area (Å²) in [5.74, 6) is 0.999. The first kappa shape index (κ1) is 18.1. The fourth-order valence-corrected chi connectivity index (χ4v) is 3.75. The summed E-state index contributed by atoms with van der Waals surface area (Å²) in [6, 6.07) is 8.28. The van der Waals surface area contributed by atoms with Gasteiger partial charge in [-0.25, -0.2) is 4.98 Å². The Morgan fingerprint density at radius 2 is 2.00 bits per heavy atom. The van der Waals surface area contributed by atoms with Gasteiger partial charge in [-0.05, 0) is 58.0 Å². The number of hydrogen-bond acceptors (Lipinski definition) is 5. The maximum atomic E-state index is 12.8. The van der Waals surface area contributed by atoms with E-state index in [0.717, 1.165) is 10.6 Å². The molecule has 1 atom stereocenters. The smallest absolute Gasteiger partial charge is 0.263 e. The lowest BCUT2D eigenvalue weighted by molar-refractivity contribution is -0.118. The Balaban J connectivity index is 1.86. The summed E-state index contributed by atoms with van der Waals surface area (Å²) in [5.41, 5.74) is 0.461. The van der Waals surface area contributed by atoms with Crippen LogP contribution in [0.25, 0.3) is 10.2 Å². The number of carbonyl (C=O) groups excluding carboxylic acids is 1. The van der Waals surface area contributed by atoms with Gasteiger partial charge in [-0.3, -0.25) is 14.2 Å². The maximum Gasteiger partial charge on any atom is 0.263 e. The summed E-state index contributed by atoms with van der Waals surface area (Å²) in [6.07, 6.45) is 0. The molecule has 0 aliphatic carbocycles. The number of aromatic nitrogens is 2. The number of ether oxygens (including phenoxy) is 1. The molecule has 1 amide bonds. The number of thiophene rings is 1. The van der Waals surface area contributed by atoms with E-state index < -0.39 is 6.04 Å². The molecule has 26 heavy (non-hydrogen) atoms. The molecule has 0 saturated heterocycles. The van der Waals surface area contributed by atoms with Crippen molar-refractivity contribution in [3.05, 3.63) is 51.4 Å². The summed E-state index contributed by atoms with van der Waals surface area (Å²) in [7, 11) is 0. The van der Waals surface area contributed by atoms with Crippen molar-refractivity contribution in [3.8, 4) is 5.75 Å². The topological polar surface area (TPSA) is 73.2 Å². The van der Waals surface area contributed by atoms with Gasteiger partial charge in [0.25, 0.3) is 5.56 Å². The lowest BCUT2D eigenvalue weighted by atomic mass is 10.2. The Hall–Kier alpha value is -2.67. The first-order valence-electron chi connectivity index (χ1n) is 8.43. The zero-order chi connectivity index (χ0) is 18.8. The van der Waals surface area contributed by atoms with Crippen LogP contribution in [0.5, 0.6) is 5.75 Å². The maximum absolute atomic E-state index is 12.8. The van der Waals surface area contributed by atoms with Gasteiger partial charge in [0, 0.05) is 10.6 Å². The number of anilines is 1. The van der Waals surface area contributed by atoms with E-state index in [4.69, 9.17) is 4.74 Å². The summed E-state index contributed by atoms with van der Waals surface area (Å²) >= 11 is 1.48. The molecular formula is C19H21N3O3S. The van der Waals surface area contributed by atoms with Gasteiger partial charge in [-0.15, -0.1) is 11.3 Å². The fraction of sp³-hybridized carbons (Fsp3) is 0.316. The number of carbonyl (C=O) groups is 1. The molecule has 1 unspecified atom stereocenters. The van der Waals surface area contributed by atoms with Crippen LogP contribution in [0.1, 0.15) is 30.6 Å². The molecular weight excluding hydrogens is 350 g/mol. The van der Waals surface area contributed by atoms with Crippen molar-refractivity contribution in [2.75, 3.05) is 11.9 Å². The number of nitrogens with one attached hydrogen (secondary N) is 1. The Bertz CT molecular complexity index is 1010. The fourth-order valence-electron chi connectivity index (χ4n) is 2.84.